The Balaban J connectivity index is 1.68. The fourth-order valence-electron chi connectivity index (χ4n) is 4.24. The van der Waals surface area contributed by atoms with Crippen LogP contribution in [0.2, 0.25) is 0 Å². The number of carbonyl (C=O) groups excluding carboxylic acids is 1. The van der Waals surface area contributed by atoms with Gasteiger partial charge in [0, 0.05) is 45.0 Å². The number of morpholine rings is 2. The molecule has 4 rings (SSSR count). The molecule has 0 unspecified atom stereocenters. The molecule has 0 N–H and O–H groups in total. The van der Waals surface area contributed by atoms with Crippen LogP contribution in [0.25, 0.3) is 0 Å². The summed E-state index contributed by atoms with van der Waals surface area (Å²) in [5.41, 5.74) is 1.27. The minimum Gasteiger partial charge on any atom is -0.379 e. The average Bonchev–Trinajstić information content (AvgIpc) is 2.80. The van der Waals surface area contributed by atoms with Crippen LogP contribution in [0, 0.1) is 5.92 Å². The number of ether oxygens (including phenoxy) is 2. The Morgan fingerprint density at radius 1 is 0.933 bits per heavy atom. The van der Waals surface area contributed by atoms with Crippen molar-refractivity contribution in [2.24, 2.45) is 5.92 Å². The first kappa shape index (κ1) is 21.5. The molecule has 0 spiro atoms. The fourth-order valence-corrected chi connectivity index (χ4v) is 5.68. The highest BCUT2D eigenvalue weighted by Gasteiger charge is 2.30. The van der Waals surface area contributed by atoms with Gasteiger partial charge in [0.25, 0.3) is 5.91 Å². The molecule has 166 valence electrons. The zero-order valence-electron chi connectivity index (χ0n) is 17.6. The van der Waals surface area contributed by atoms with Crippen molar-refractivity contribution in [1.29, 1.82) is 0 Å². The number of rotatable bonds is 4. The average molecular weight is 438 g/mol. The van der Waals surface area contributed by atoms with E-state index in [0.717, 1.165) is 18.5 Å². The van der Waals surface area contributed by atoms with Crippen LogP contribution in [0.4, 0.5) is 5.69 Å². The minimum atomic E-state index is -3.67. The molecule has 0 aliphatic carbocycles. The van der Waals surface area contributed by atoms with Gasteiger partial charge < -0.3 is 19.3 Å². The zero-order valence-corrected chi connectivity index (χ0v) is 18.4. The molecule has 1 aromatic rings. The van der Waals surface area contributed by atoms with Crippen molar-refractivity contribution in [3.8, 4) is 0 Å². The summed E-state index contributed by atoms with van der Waals surface area (Å²) < 4.78 is 38.6. The third-order valence-corrected chi connectivity index (χ3v) is 8.12. The van der Waals surface area contributed by atoms with Gasteiger partial charge in [0.05, 0.1) is 36.9 Å². The van der Waals surface area contributed by atoms with Crippen molar-refractivity contribution in [2.75, 3.05) is 70.6 Å². The number of benzene rings is 1. The Morgan fingerprint density at radius 3 is 2.17 bits per heavy atom. The number of amides is 1. The molecule has 30 heavy (non-hydrogen) atoms. The van der Waals surface area contributed by atoms with Crippen molar-refractivity contribution in [3.63, 3.8) is 0 Å². The molecule has 1 aromatic carbocycles. The van der Waals surface area contributed by atoms with E-state index in [1.807, 2.05) is 4.90 Å². The van der Waals surface area contributed by atoms with Gasteiger partial charge in [-0.1, -0.05) is 6.92 Å². The predicted octanol–water partition coefficient (Wildman–Crippen LogP) is 1.42. The molecule has 0 atom stereocenters. The molecule has 9 heteroatoms. The topological polar surface area (TPSA) is 79.4 Å². The summed E-state index contributed by atoms with van der Waals surface area (Å²) in [4.78, 5) is 17.6. The third-order valence-electron chi connectivity index (χ3n) is 6.23. The summed E-state index contributed by atoms with van der Waals surface area (Å²) >= 11 is 0. The van der Waals surface area contributed by atoms with Crippen molar-refractivity contribution < 1.29 is 22.7 Å². The van der Waals surface area contributed by atoms with Crippen molar-refractivity contribution in [3.05, 3.63) is 23.8 Å². The molecule has 1 amide bonds. The van der Waals surface area contributed by atoms with Gasteiger partial charge in [0.2, 0.25) is 10.0 Å². The van der Waals surface area contributed by atoms with Gasteiger partial charge in [0.15, 0.2) is 0 Å². The molecule has 0 radical (unpaired) electrons. The first-order valence-corrected chi connectivity index (χ1v) is 12.2. The molecule has 0 saturated carbocycles. The van der Waals surface area contributed by atoms with Crippen molar-refractivity contribution in [1.82, 2.24) is 9.21 Å². The van der Waals surface area contributed by atoms with Crippen LogP contribution >= 0.6 is 0 Å². The highest BCUT2D eigenvalue weighted by molar-refractivity contribution is 7.89. The standard InChI is InChI=1S/C21H31N3O5S/c1-17-4-6-23(7-5-17)21(25)19-16-18(30(26,27)24-10-14-29-15-11-24)2-3-20(19)22-8-12-28-13-9-22/h2-3,16-17H,4-15H2,1H3. The van der Waals surface area contributed by atoms with Crippen LogP contribution in [0.1, 0.15) is 30.1 Å². The molecular weight excluding hydrogens is 406 g/mol. The normalized spacial score (nSPS) is 22.3. The van der Waals surface area contributed by atoms with E-state index in [2.05, 4.69) is 11.8 Å². The molecule has 3 aliphatic heterocycles. The second-order valence-electron chi connectivity index (χ2n) is 8.27. The molecular formula is C21H31N3O5S. The zero-order chi connectivity index (χ0) is 21.1. The lowest BCUT2D eigenvalue weighted by atomic mass is 9.98. The molecule has 0 bridgehead atoms. The third kappa shape index (κ3) is 4.49. The number of anilines is 1. The van der Waals surface area contributed by atoms with Crippen LogP contribution in [0.15, 0.2) is 23.1 Å². The van der Waals surface area contributed by atoms with Crippen LogP contribution in [-0.2, 0) is 19.5 Å². The number of nitrogens with zero attached hydrogens (tertiary/aromatic N) is 3. The maximum atomic E-state index is 13.5. The predicted molar refractivity (Wildman–Crippen MR) is 113 cm³/mol. The molecule has 0 aromatic heterocycles. The van der Waals surface area contributed by atoms with Gasteiger partial charge in [-0.15, -0.1) is 0 Å². The first-order valence-electron chi connectivity index (χ1n) is 10.8. The lowest BCUT2D eigenvalue weighted by molar-refractivity contribution is 0.0696. The monoisotopic (exact) mass is 437 g/mol. The van der Waals surface area contributed by atoms with Gasteiger partial charge in [0.1, 0.15) is 0 Å². The highest BCUT2D eigenvalue weighted by atomic mass is 32.2. The van der Waals surface area contributed by atoms with Gasteiger partial charge in [-0.3, -0.25) is 4.79 Å². The van der Waals surface area contributed by atoms with Gasteiger partial charge in [-0.2, -0.15) is 4.31 Å². The molecule has 8 nitrogen and oxygen atoms in total. The Labute approximate surface area is 178 Å². The number of carbonyl (C=O) groups is 1. The second-order valence-corrected chi connectivity index (χ2v) is 10.2. The van der Waals surface area contributed by atoms with E-state index < -0.39 is 10.0 Å². The molecule has 3 heterocycles. The van der Waals surface area contributed by atoms with Crippen LogP contribution in [-0.4, -0.2) is 89.2 Å². The van der Waals surface area contributed by atoms with Gasteiger partial charge in [-0.25, -0.2) is 8.42 Å². The van der Waals surface area contributed by atoms with Crippen LogP contribution in [0.3, 0.4) is 0 Å². The second kappa shape index (κ2) is 9.21. The van der Waals surface area contributed by atoms with E-state index in [9.17, 15) is 13.2 Å². The summed E-state index contributed by atoms with van der Waals surface area (Å²) in [5.74, 6) is 0.531. The maximum absolute atomic E-state index is 13.5. The summed E-state index contributed by atoms with van der Waals surface area (Å²) in [6.07, 6.45) is 1.95. The first-order chi connectivity index (χ1) is 14.5. The Bertz CT molecular complexity index is 855. The number of hydrogen-bond donors (Lipinski definition) is 0. The lowest BCUT2D eigenvalue weighted by Crippen LogP contribution is -2.42. The van der Waals surface area contributed by atoms with E-state index >= 15 is 0 Å². The fraction of sp³-hybridized carbons (Fsp3) is 0.667. The highest BCUT2D eigenvalue weighted by Crippen LogP contribution is 2.29. The quantitative estimate of drug-likeness (QED) is 0.709. The van der Waals surface area contributed by atoms with E-state index in [4.69, 9.17) is 9.47 Å². The summed E-state index contributed by atoms with van der Waals surface area (Å²) in [6, 6.07) is 5.00. The summed E-state index contributed by atoms with van der Waals surface area (Å²) in [7, 11) is -3.67. The van der Waals surface area contributed by atoms with E-state index in [1.165, 1.54) is 4.31 Å². The number of hydrogen-bond acceptors (Lipinski definition) is 6. The van der Waals surface area contributed by atoms with Crippen molar-refractivity contribution >= 4 is 21.6 Å². The Kier molecular flexibility index (Phi) is 6.62. The summed E-state index contributed by atoms with van der Waals surface area (Å²) in [5, 5.41) is 0. The smallest absolute Gasteiger partial charge is 0.256 e. The maximum Gasteiger partial charge on any atom is 0.256 e. The number of likely N-dealkylation sites (tertiary alicyclic amines) is 1. The SMILES string of the molecule is CC1CCN(C(=O)c2cc(S(=O)(=O)N3CCOCC3)ccc2N2CCOCC2)CC1. The molecule has 3 saturated heterocycles. The van der Waals surface area contributed by atoms with Crippen molar-refractivity contribution in [2.45, 2.75) is 24.7 Å². The van der Waals surface area contributed by atoms with E-state index in [-0.39, 0.29) is 10.8 Å². The molecule has 3 fully saturated rings. The van der Waals surface area contributed by atoms with E-state index in [1.54, 1.807) is 18.2 Å². The van der Waals surface area contributed by atoms with Gasteiger partial charge in [-0.05, 0) is 37.0 Å². The lowest BCUT2D eigenvalue weighted by Gasteiger charge is -2.34. The van der Waals surface area contributed by atoms with E-state index in [0.29, 0.717) is 77.2 Å². The largest absolute Gasteiger partial charge is 0.379 e. The summed E-state index contributed by atoms with van der Waals surface area (Å²) in [6.45, 7) is 7.65. The Morgan fingerprint density at radius 2 is 1.53 bits per heavy atom. The van der Waals surface area contributed by atoms with Crippen LogP contribution < -0.4 is 4.90 Å². The molecule has 3 aliphatic rings. The number of piperidine rings is 1. The minimum absolute atomic E-state index is 0.0811. The Hall–Kier alpha value is -1.68. The number of sulfonamides is 1. The van der Waals surface area contributed by atoms with Crippen LogP contribution in [0.5, 0.6) is 0 Å². The van der Waals surface area contributed by atoms with Gasteiger partial charge >= 0.3 is 0 Å².